The monoisotopic (exact) mass is 211 g/mol. The van der Waals surface area contributed by atoms with Crippen molar-refractivity contribution in [2.75, 3.05) is 0 Å². The largest absolute Gasteiger partial charge is 0.480 e. The van der Waals surface area contributed by atoms with Gasteiger partial charge in [0, 0.05) is 4.75 Å². The average Bonchev–Trinajstić information content (AvgIpc) is 1.88. The van der Waals surface area contributed by atoms with Crippen molar-refractivity contribution >= 4 is 34.8 Å². The minimum Gasteiger partial charge on any atom is -0.480 e. The number of nitrogens with zero attached hydrogens (tertiary/aromatic N) is 1. The maximum atomic E-state index is 10.6. The van der Waals surface area contributed by atoms with Gasteiger partial charge in [0.1, 0.15) is 0 Å². The second-order valence-electron chi connectivity index (χ2n) is 2.59. The molecule has 1 N–H and O–H groups in total. The highest BCUT2D eigenvalue weighted by atomic mass is 32.7. The van der Waals surface area contributed by atoms with Gasteiger partial charge < -0.3 is 5.11 Å². The number of carboxylic acid groups (broad SMARTS) is 1. The van der Waals surface area contributed by atoms with Crippen molar-refractivity contribution in [2.45, 2.75) is 24.6 Å². The van der Waals surface area contributed by atoms with Crippen LogP contribution in [-0.2, 0) is 4.79 Å². The normalized spacial score (nSPS) is 14.1. The van der Waals surface area contributed by atoms with Crippen LogP contribution < -0.4 is 0 Å². The SMILES string of the molecule is CC(C)(SP)[C@H](N=P)C(=O)O. The standard InChI is InChI=1S/C5H11NO2P2S/c1-5(2,11-10)3(6-9)4(7)8/h3,9H,10H2,1-2H3,(H,7,8)/t3-/m1/s1. The molecule has 1 unspecified atom stereocenters. The molecule has 0 fully saturated rings. The van der Waals surface area contributed by atoms with Crippen LogP contribution in [0.3, 0.4) is 0 Å². The van der Waals surface area contributed by atoms with Crippen molar-refractivity contribution in [2.24, 2.45) is 4.74 Å². The van der Waals surface area contributed by atoms with Crippen LogP contribution in [0.5, 0.6) is 0 Å². The molecule has 0 aromatic carbocycles. The van der Waals surface area contributed by atoms with Crippen LogP contribution in [0.25, 0.3) is 0 Å². The number of carbonyl (C=O) groups is 1. The lowest BCUT2D eigenvalue weighted by molar-refractivity contribution is -0.138. The Labute approximate surface area is 74.6 Å². The lowest BCUT2D eigenvalue weighted by atomic mass is 10.1. The highest BCUT2D eigenvalue weighted by Crippen LogP contribution is 2.35. The molecule has 0 amide bonds. The molecule has 11 heavy (non-hydrogen) atoms. The molecule has 6 heteroatoms. The smallest absolute Gasteiger partial charge is 0.330 e. The second kappa shape index (κ2) is 4.39. The summed E-state index contributed by atoms with van der Waals surface area (Å²) in [5.74, 6) is -0.917. The third-order valence-electron chi connectivity index (χ3n) is 1.33. The van der Waals surface area contributed by atoms with E-state index in [4.69, 9.17) is 5.11 Å². The first-order valence-corrected chi connectivity index (χ1v) is 5.67. The molecule has 3 nitrogen and oxygen atoms in total. The minimum absolute atomic E-state index is 0.405. The average molecular weight is 211 g/mol. The van der Waals surface area contributed by atoms with Gasteiger partial charge in [0.2, 0.25) is 0 Å². The van der Waals surface area contributed by atoms with Gasteiger partial charge in [-0.25, -0.2) is 4.79 Å². The molecule has 0 aliphatic heterocycles. The molecule has 0 aliphatic rings. The summed E-state index contributed by atoms with van der Waals surface area (Å²) < 4.78 is 3.20. The zero-order chi connectivity index (χ0) is 9.07. The van der Waals surface area contributed by atoms with Gasteiger partial charge in [-0.15, -0.1) is 11.4 Å². The first kappa shape index (κ1) is 11.4. The number of carboxylic acids is 1. The highest BCUT2D eigenvalue weighted by Gasteiger charge is 2.33. The fourth-order valence-corrected chi connectivity index (χ4v) is 1.77. The Kier molecular flexibility index (Phi) is 4.53. The van der Waals surface area contributed by atoms with E-state index in [0.29, 0.717) is 0 Å². The molecule has 0 heterocycles. The molecule has 0 saturated carbocycles. The highest BCUT2D eigenvalue weighted by molar-refractivity contribution is 8.44. The summed E-state index contributed by atoms with van der Waals surface area (Å²) in [4.78, 5) is 10.6. The predicted molar refractivity (Wildman–Crippen MR) is 53.5 cm³/mol. The maximum Gasteiger partial charge on any atom is 0.330 e. The molecule has 0 bridgehead atoms. The van der Waals surface area contributed by atoms with Crippen LogP contribution in [-0.4, -0.2) is 21.9 Å². The molecule has 0 saturated heterocycles. The summed E-state index contributed by atoms with van der Waals surface area (Å²) in [6.07, 6.45) is 0. The Bertz CT molecular complexity index is 174. The van der Waals surface area contributed by atoms with Crippen molar-refractivity contribution in [1.29, 1.82) is 0 Å². The Morgan fingerprint density at radius 1 is 1.82 bits per heavy atom. The topological polar surface area (TPSA) is 49.7 Å². The van der Waals surface area contributed by atoms with E-state index in [1.165, 1.54) is 11.4 Å². The maximum absolute atomic E-state index is 10.6. The van der Waals surface area contributed by atoms with Gasteiger partial charge in [0.15, 0.2) is 6.04 Å². The van der Waals surface area contributed by atoms with Gasteiger partial charge in [0.05, 0.1) is 0 Å². The Morgan fingerprint density at radius 2 is 2.27 bits per heavy atom. The van der Waals surface area contributed by atoms with Gasteiger partial charge >= 0.3 is 5.97 Å². The van der Waals surface area contributed by atoms with Gasteiger partial charge in [-0.3, -0.25) is 4.74 Å². The van der Waals surface area contributed by atoms with E-state index in [1.54, 1.807) is 0 Å². The van der Waals surface area contributed by atoms with Crippen molar-refractivity contribution in [3.63, 3.8) is 0 Å². The molecular formula is C5H11NO2P2S. The van der Waals surface area contributed by atoms with Crippen molar-refractivity contribution in [1.82, 2.24) is 0 Å². The summed E-state index contributed by atoms with van der Waals surface area (Å²) >= 11 is 1.40. The summed E-state index contributed by atoms with van der Waals surface area (Å²) in [5, 5.41) is 8.69. The molecular weight excluding hydrogens is 200 g/mol. The fourth-order valence-electron chi connectivity index (χ4n) is 0.572. The van der Waals surface area contributed by atoms with E-state index in [9.17, 15) is 4.79 Å². The third kappa shape index (κ3) is 3.06. The first-order chi connectivity index (χ1) is 4.95. The quantitative estimate of drug-likeness (QED) is 0.724. The molecule has 2 atom stereocenters. The Balaban J connectivity index is 4.48. The number of aliphatic carboxylic acids is 1. The van der Waals surface area contributed by atoms with Crippen LogP contribution in [0.2, 0.25) is 0 Å². The van der Waals surface area contributed by atoms with E-state index in [0.717, 1.165) is 0 Å². The first-order valence-electron chi connectivity index (χ1n) is 2.93. The minimum atomic E-state index is -0.917. The second-order valence-corrected chi connectivity index (χ2v) is 4.84. The van der Waals surface area contributed by atoms with Gasteiger partial charge in [-0.2, -0.15) is 0 Å². The summed E-state index contributed by atoms with van der Waals surface area (Å²) in [6.45, 7) is 3.65. The van der Waals surface area contributed by atoms with E-state index in [2.05, 4.69) is 22.2 Å². The van der Waals surface area contributed by atoms with Crippen LogP contribution in [0.15, 0.2) is 4.74 Å². The van der Waals surface area contributed by atoms with E-state index < -0.39 is 16.8 Å². The summed E-state index contributed by atoms with van der Waals surface area (Å²) in [6, 6.07) is -0.721. The Hall–Kier alpha value is 0.350. The van der Waals surface area contributed by atoms with Crippen molar-refractivity contribution in [3.8, 4) is 0 Å². The van der Waals surface area contributed by atoms with E-state index in [1.807, 2.05) is 13.8 Å². The summed E-state index contributed by atoms with van der Waals surface area (Å²) in [5.41, 5.74) is 0. The fraction of sp³-hybridized carbons (Fsp3) is 0.800. The zero-order valence-electron chi connectivity index (χ0n) is 6.37. The molecule has 0 aliphatic carbocycles. The van der Waals surface area contributed by atoms with Crippen LogP contribution in [0.1, 0.15) is 13.8 Å². The molecule has 0 spiro atoms. The van der Waals surface area contributed by atoms with Crippen LogP contribution in [0, 0.1) is 0 Å². The van der Waals surface area contributed by atoms with E-state index in [-0.39, 0.29) is 0 Å². The van der Waals surface area contributed by atoms with Crippen LogP contribution >= 0.6 is 28.9 Å². The van der Waals surface area contributed by atoms with Gasteiger partial charge in [-0.1, -0.05) is 8.44 Å². The molecule has 64 valence electrons. The predicted octanol–water partition coefficient (Wildman–Crippen LogP) is 2.07. The lowest BCUT2D eigenvalue weighted by Crippen LogP contribution is -2.36. The third-order valence-corrected chi connectivity index (χ3v) is 4.24. The van der Waals surface area contributed by atoms with Crippen LogP contribution in [0.4, 0.5) is 0 Å². The summed E-state index contributed by atoms with van der Waals surface area (Å²) in [7, 11) is 5.30. The lowest BCUT2D eigenvalue weighted by Gasteiger charge is -2.25. The molecule has 0 aromatic rings. The molecule has 0 aromatic heterocycles. The van der Waals surface area contributed by atoms with Gasteiger partial charge in [0.25, 0.3) is 0 Å². The van der Waals surface area contributed by atoms with E-state index >= 15 is 0 Å². The molecule has 0 rings (SSSR count). The van der Waals surface area contributed by atoms with Crippen molar-refractivity contribution < 1.29 is 9.90 Å². The number of hydrogen-bond donors (Lipinski definition) is 1. The molecule has 0 radical (unpaired) electrons. The van der Waals surface area contributed by atoms with Crippen molar-refractivity contribution in [3.05, 3.63) is 0 Å². The zero-order valence-corrected chi connectivity index (χ0v) is 9.34. The number of rotatable bonds is 4. The number of hydrogen-bond acceptors (Lipinski definition) is 3. The van der Waals surface area contributed by atoms with Gasteiger partial charge in [-0.05, 0) is 22.9 Å². The Morgan fingerprint density at radius 3 is 2.36 bits per heavy atom.